The Morgan fingerprint density at radius 1 is 1.29 bits per heavy atom. The van der Waals surface area contributed by atoms with Crippen LogP contribution in [0.4, 0.5) is 5.69 Å². The van der Waals surface area contributed by atoms with E-state index >= 15 is 0 Å². The number of rotatable bonds is 4. The van der Waals surface area contributed by atoms with Crippen LogP contribution in [-0.2, 0) is 6.42 Å². The van der Waals surface area contributed by atoms with E-state index in [0.717, 1.165) is 24.8 Å². The van der Waals surface area contributed by atoms with Gasteiger partial charge < -0.3 is 15.8 Å². The van der Waals surface area contributed by atoms with Crippen molar-refractivity contribution in [1.29, 1.82) is 0 Å². The highest BCUT2D eigenvalue weighted by Gasteiger charge is 2.11. The molecule has 1 aromatic rings. The van der Waals surface area contributed by atoms with Crippen LogP contribution in [0.5, 0.6) is 0 Å². The third-order valence-electron chi connectivity index (χ3n) is 2.15. The van der Waals surface area contributed by atoms with Gasteiger partial charge in [0.05, 0.1) is 0 Å². The monoisotopic (exact) mass is 193 g/mol. The zero-order chi connectivity index (χ0) is 10.6. The number of benzene rings is 1. The van der Waals surface area contributed by atoms with Crippen molar-refractivity contribution in [1.82, 2.24) is 0 Å². The smallest absolute Gasteiger partial charge is 0.423 e. The molecule has 0 unspecified atom stereocenters. The lowest BCUT2D eigenvalue weighted by molar-refractivity contribution is 0.425. The van der Waals surface area contributed by atoms with E-state index in [9.17, 15) is 0 Å². The lowest BCUT2D eigenvalue weighted by Crippen LogP contribution is -2.30. The lowest BCUT2D eigenvalue weighted by atomic mass is 9.79. The molecule has 0 bridgehead atoms. The van der Waals surface area contributed by atoms with Gasteiger partial charge in [0.1, 0.15) is 0 Å². The summed E-state index contributed by atoms with van der Waals surface area (Å²) in [5.74, 6) is 0. The minimum Gasteiger partial charge on any atom is -0.423 e. The summed E-state index contributed by atoms with van der Waals surface area (Å²) in [7, 11) is -1.43. The van der Waals surface area contributed by atoms with Gasteiger partial charge in [-0.05, 0) is 36.0 Å². The zero-order valence-corrected chi connectivity index (χ0v) is 8.40. The van der Waals surface area contributed by atoms with Crippen molar-refractivity contribution in [2.45, 2.75) is 26.2 Å². The van der Waals surface area contributed by atoms with Gasteiger partial charge in [-0.15, -0.1) is 0 Å². The standard InChI is InChI=1S/C10H16BNO2/c1-2-3-4-8-5-9(11(13)14)7-10(12)6-8/h5-7,13-14H,2-4,12H2,1H3. The molecule has 0 amide bonds. The first kappa shape index (κ1) is 11.1. The van der Waals surface area contributed by atoms with Gasteiger partial charge in [0.25, 0.3) is 0 Å². The van der Waals surface area contributed by atoms with E-state index < -0.39 is 7.12 Å². The van der Waals surface area contributed by atoms with Gasteiger partial charge in [-0.3, -0.25) is 0 Å². The van der Waals surface area contributed by atoms with Crippen molar-refractivity contribution >= 4 is 18.3 Å². The minimum atomic E-state index is -1.43. The van der Waals surface area contributed by atoms with Gasteiger partial charge in [0, 0.05) is 5.69 Å². The Kier molecular flexibility index (Phi) is 3.98. The summed E-state index contributed by atoms with van der Waals surface area (Å²) in [5, 5.41) is 18.0. The van der Waals surface area contributed by atoms with Gasteiger partial charge in [0.15, 0.2) is 0 Å². The molecule has 14 heavy (non-hydrogen) atoms. The van der Waals surface area contributed by atoms with Crippen LogP contribution in [0.3, 0.4) is 0 Å². The Morgan fingerprint density at radius 3 is 2.57 bits per heavy atom. The third-order valence-corrected chi connectivity index (χ3v) is 2.15. The molecule has 0 heterocycles. The fourth-order valence-corrected chi connectivity index (χ4v) is 1.42. The minimum absolute atomic E-state index is 0.469. The second-order valence-corrected chi connectivity index (χ2v) is 3.49. The highest BCUT2D eigenvalue weighted by atomic mass is 16.4. The summed E-state index contributed by atoms with van der Waals surface area (Å²) < 4.78 is 0. The molecule has 0 atom stereocenters. The molecular formula is C10H16BNO2. The van der Waals surface area contributed by atoms with E-state index in [0.29, 0.717) is 11.2 Å². The Labute approximate surface area is 84.7 Å². The van der Waals surface area contributed by atoms with Crippen molar-refractivity contribution in [3.05, 3.63) is 23.8 Å². The molecule has 0 aromatic heterocycles. The maximum absolute atomic E-state index is 9.00. The van der Waals surface area contributed by atoms with Crippen LogP contribution >= 0.6 is 0 Å². The number of unbranched alkanes of at least 4 members (excludes halogenated alkanes) is 1. The highest BCUT2D eigenvalue weighted by Crippen LogP contribution is 2.08. The molecule has 0 aliphatic rings. The molecule has 0 saturated carbocycles. The van der Waals surface area contributed by atoms with E-state index in [1.165, 1.54) is 0 Å². The van der Waals surface area contributed by atoms with Gasteiger partial charge >= 0.3 is 7.12 Å². The van der Waals surface area contributed by atoms with E-state index in [-0.39, 0.29) is 0 Å². The van der Waals surface area contributed by atoms with Crippen LogP contribution in [-0.4, -0.2) is 17.2 Å². The number of anilines is 1. The van der Waals surface area contributed by atoms with Crippen molar-refractivity contribution in [3.8, 4) is 0 Å². The van der Waals surface area contributed by atoms with E-state index in [2.05, 4.69) is 6.92 Å². The molecule has 0 spiro atoms. The molecule has 76 valence electrons. The van der Waals surface area contributed by atoms with Crippen LogP contribution in [0.2, 0.25) is 0 Å². The number of nitrogens with two attached hydrogens (primary N) is 1. The lowest BCUT2D eigenvalue weighted by Gasteiger charge is -2.06. The molecular weight excluding hydrogens is 177 g/mol. The first-order chi connectivity index (χ1) is 6.63. The summed E-state index contributed by atoms with van der Waals surface area (Å²) in [6.07, 6.45) is 3.14. The summed E-state index contributed by atoms with van der Waals surface area (Å²) in [5.41, 5.74) is 7.77. The molecule has 4 heteroatoms. The van der Waals surface area contributed by atoms with Crippen molar-refractivity contribution in [2.75, 3.05) is 5.73 Å². The molecule has 0 aliphatic carbocycles. The summed E-state index contributed by atoms with van der Waals surface area (Å²) in [4.78, 5) is 0. The number of hydrogen-bond acceptors (Lipinski definition) is 3. The molecule has 0 radical (unpaired) electrons. The summed E-state index contributed by atoms with van der Waals surface area (Å²) >= 11 is 0. The number of nitrogen functional groups attached to an aromatic ring is 1. The molecule has 1 rings (SSSR count). The number of hydrogen-bond donors (Lipinski definition) is 3. The highest BCUT2D eigenvalue weighted by molar-refractivity contribution is 6.58. The quantitative estimate of drug-likeness (QED) is 0.475. The van der Waals surface area contributed by atoms with Crippen molar-refractivity contribution in [2.24, 2.45) is 0 Å². The largest absolute Gasteiger partial charge is 0.488 e. The van der Waals surface area contributed by atoms with Crippen LogP contribution in [0.1, 0.15) is 25.3 Å². The SMILES string of the molecule is CCCCc1cc(N)cc(B(O)O)c1. The van der Waals surface area contributed by atoms with Crippen LogP contribution < -0.4 is 11.2 Å². The first-order valence-corrected chi connectivity index (χ1v) is 4.89. The zero-order valence-electron chi connectivity index (χ0n) is 8.40. The fourth-order valence-electron chi connectivity index (χ4n) is 1.42. The maximum Gasteiger partial charge on any atom is 0.488 e. The molecule has 4 N–H and O–H groups in total. The maximum atomic E-state index is 9.00. The second kappa shape index (κ2) is 5.03. The van der Waals surface area contributed by atoms with E-state index in [1.807, 2.05) is 6.07 Å². The van der Waals surface area contributed by atoms with E-state index in [4.69, 9.17) is 15.8 Å². The summed E-state index contributed by atoms with van der Waals surface area (Å²) in [6.45, 7) is 2.12. The van der Waals surface area contributed by atoms with Gasteiger partial charge in [-0.2, -0.15) is 0 Å². The Balaban J connectivity index is 2.84. The van der Waals surface area contributed by atoms with Gasteiger partial charge in [0.2, 0.25) is 0 Å². The molecule has 0 saturated heterocycles. The topological polar surface area (TPSA) is 66.5 Å². The fraction of sp³-hybridized carbons (Fsp3) is 0.400. The van der Waals surface area contributed by atoms with Crippen LogP contribution in [0.15, 0.2) is 18.2 Å². The summed E-state index contributed by atoms with van der Waals surface area (Å²) in [6, 6.07) is 5.25. The van der Waals surface area contributed by atoms with Crippen LogP contribution in [0.25, 0.3) is 0 Å². The predicted molar refractivity (Wildman–Crippen MR) is 59.3 cm³/mol. The average Bonchev–Trinajstić information content (AvgIpc) is 2.14. The van der Waals surface area contributed by atoms with Gasteiger partial charge in [-0.1, -0.05) is 19.4 Å². The Morgan fingerprint density at radius 2 is 2.00 bits per heavy atom. The molecule has 3 nitrogen and oxygen atoms in total. The average molecular weight is 193 g/mol. The normalized spacial score (nSPS) is 10.2. The Hall–Kier alpha value is -0.995. The third kappa shape index (κ3) is 3.05. The Bertz CT molecular complexity index is 302. The predicted octanol–water partition coefficient (Wildman–Crippen LogP) is 0.291. The second-order valence-electron chi connectivity index (χ2n) is 3.49. The van der Waals surface area contributed by atoms with Crippen LogP contribution in [0, 0.1) is 0 Å². The molecule has 1 aromatic carbocycles. The van der Waals surface area contributed by atoms with Crippen molar-refractivity contribution < 1.29 is 10.0 Å². The van der Waals surface area contributed by atoms with E-state index in [1.54, 1.807) is 12.1 Å². The molecule has 0 aliphatic heterocycles. The number of aryl methyl sites for hydroxylation is 1. The van der Waals surface area contributed by atoms with Gasteiger partial charge in [-0.25, -0.2) is 0 Å². The first-order valence-electron chi connectivity index (χ1n) is 4.89. The molecule has 0 fully saturated rings. The van der Waals surface area contributed by atoms with Crippen molar-refractivity contribution in [3.63, 3.8) is 0 Å².